The number of piperidine rings is 1. The molecule has 0 aromatic heterocycles. The molecule has 0 saturated carbocycles. The van der Waals surface area contributed by atoms with Crippen LogP contribution in [0.1, 0.15) is 69.7 Å². The maximum Gasteiger partial charge on any atom is 0.254 e. The Morgan fingerprint density at radius 2 is 1.95 bits per heavy atom. The summed E-state index contributed by atoms with van der Waals surface area (Å²) in [5.74, 6) is 1.37. The number of likely N-dealkylation sites (tertiary alicyclic amines) is 1. The smallest absolute Gasteiger partial charge is 0.254 e. The first-order valence-electron chi connectivity index (χ1n) is 16.2. The molecule has 0 aliphatic carbocycles. The fraction of sp³-hybridized carbons (Fsp3) is 0.556. The van der Waals surface area contributed by atoms with Gasteiger partial charge >= 0.3 is 0 Å². The fourth-order valence-electron chi connectivity index (χ4n) is 7.30. The van der Waals surface area contributed by atoms with Crippen molar-refractivity contribution in [2.45, 2.75) is 83.2 Å². The number of hydrogen-bond acceptors (Lipinski definition) is 7. The number of carbonyl (C=O) groups is 1. The minimum Gasteiger partial charge on any atom is -0.493 e. The van der Waals surface area contributed by atoms with Gasteiger partial charge in [0.15, 0.2) is 11.5 Å². The molecule has 4 aliphatic heterocycles. The molecule has 3 saturated heterocycles. The Morgan fingerprint density at radius 3 is 2.64 bits per heavy atom. The van der Waals surface area contributed by atoms with Crippen molar-refractivity contribution in [3.05, 3.63) is 66.3 Å². The lowest BCUT2D eigenvalue weighted by molar-refractivity contribution is -0.0439. The van der Waals surface area contributed by atoms with Gasteiger partial charge in [-0.1, -0.05) is 37.0 Å². The highest BCUT2D eigenvalue weighted by molar-refractivity contribution is 6.02. The van der Waals surface area contributed by atoms with E-state index in [1.54, 1.807) is 32.4 Å². The second-order valence-corrected chi connectivity index (χ2v) is 13.0. The second kappa shape index (κ2) is 14.2. The number of fused-ring (bicyclic) bond motifs is 3. The molecule has 3 fully saturated rings. The summed E-state index contributed by atoms with van der Waals surface area (Å²) >= 11 is 0. The lowest BCUT2D eigenvalue weighted by Crippen LogP contribution is -2.48. The van der Waals surface area contributed by atoms with Gasteiger partial charge in [0, 0.05) is 57.7 Å². The van der Waals surface area contributed by atoms with Crippen LogP contribution in [0, 0.1) is 5.92 Å². The zero-order valence-corrected chi connectivity index (χ0v) is 27.2. The zero-order valence-electron chi connectivity index (χ0n) is 27.2. The van der Waals surface area contributed by atoms with Gasteiger partial charge in [-0.2, -0.15) is 0 Å². The third-order valence-corrected chi connectivity index (χ3v) is 9.25. The van der Waals surface area contributed by atoms with Crippen LogP contribution in [0.25, 0.3) is 0 Å². The average Bonchev–Trinajstić information content (AvgIpc) is 3.68. The van der Waals surface area contributed by atoms with Crippen molar-refractivity contribution in [2.24, 2.45) is 10.9 Å². The third kappa shape index (κ3) is 7.64. The maximum atomic E-state index is 14.4. The number of carbonyl (C=O) groups excluding carboxylic acids is 1. The zero-order chi connectivity index (χ0) is 31.3. The molecule has 4 heterocycles. The summed E-state index contributed by atoms with van der Waals surface area (Å²) in [6, 6.07) is 5.23. The van der Waals surface area contributed by atoms with Gasteiger partial charge in [0.25, 0.3) is 5.91 Å². The van der Waals surface area contributed by atoms with E-state index >= 15 is 0 Å². The molecule has 238 valence electrons. The van der Waals surface area contributed by atoms with Gasteiger partial charge in [0.2, 0.25) is 11.5 Å². The van der Waals surface area contributed by atoms with E-state index in [4.69, 9.17) is 14.2 Å². The molecular weight excluding hydrogens is 552 g/mol. The summed E-state index contributed by atoms with van der Waals surface area (Å²) in [7, 11) is 3.37. The summed E-state index contributed by atoms with van der Waals surface area (Å²) in [5, 5.41) is 3.78. The molecule has 4 aliphatic rings. The number of rotatable bonds is 12. The van der Waals surface area contributed by atoms with Crippen LogP contribution in [-0.4, -0.2) is 85.7 Å². The van der Waals surface area contributed by atoms with Crippen LogP contribution in [-0.2, 0) is 0 Å². The highest BCUT2D eigenvalue weighted by Crippen LogP contribution is 2.47. The van der Waals surface area contributed by atoms with Gasteiger partial charge in [0.05, 0.1) is 19.4 Å². The Kier molecular flexibility index (Phi) is 10.3. The van der Waals surface area contributed by atoms with Crippen molar-refractivity contribution < 1.29 is 19.0 Å². The van der Waals surface area contributed by atoms with E-state index in [1.807, 2.05) is 56.1 Å². The number of nitrogens with zero attached hydrogens (tertiary/aromatic N) is 3. The van der Waals surface area contributed by atoms with E-state index in [1.165, 1.54) is 25.7 Å². The van der Waals surface area contributed by atoms with Crippen molar-refractivity contribution in [2.75, 3.05) is 40.3 Å². The first-order chi connectivity index (χ1) is 21.2. The third-order valence-electron chi connectivity index (χ3n) is 9.25. The first-order valence-corrected chi connectivity index (χ1v) is 16.2. The Bertz CT molecular complexity index is 1320. The number of methoxy groups -OCH3 is 1. The van der Waals surface area contributed by atoms with Gasteiger partial charge in [-0.25, -0.2) is 0 Å². The summed E-state index contributed by atoms with van der Waals surface area (Å²) in [4.78, 5) is 23.6. The molecule has 1 aromatic rings. The maximum absolute atomic E-state index is 14.4. The second-order valence-electron chi connectivity index (χ2n) is 13.0. The minimum absolute atomic E-state index is 0.0731. The number of benzene rings is 1. The van der Waals surface area contributed by atoms with Crippen LogP contribution in [0.4, 0.5) is 0 Å². The topological polar surface area (TPSA) is 75.6 Å². The summed E-state index contributed by atoms with van der Waals surface area (Å²) in [6.45, 7) is 12.8. The van der Waals surface area contributed by atoms with Crippen LogP contribution in [0.5, 0.6) is 17.2 Å². The molecule has 44 heavy (non-hydrogen) atoms. The quantitative estimate of drug-likeness (QED) is 0.235. The summed E-state index contributed by atoms with van der Waals surface area (Å²) < 4.78 is 17.7. The Balaban J connectivity index is 1.39. The van der Waals surface area contributed by atoms with E-state index in [0.29, 0.717) is 54.0 Å². The highest BCUT2D eigenvalue weighted by atomic mass is 16.7. The normalized spacial score (nSPS) is 26.6. The van der Waals surface area contributed by atoms with Crippen molar-refractivity contribution in [3.63, 3.8) is 0 Å². The Hall–Kier alpha value is -3.36. The monoisotopic (exact) mass is 602 g/mol. The van der Waals surface area contributed by atoms with Crippen LogP contribution in [0.2, 0.25) is 0 Å². The molecule has 8 nitrogen and oxygen atoms in total. The fourth-order valence-corrected chi connectivity index (χ4v) is 7.30. The number of nitrogens with one attached hydrogen (secondary N) is 1. The van der Waals surface area contributed by atoms with E-state index < -0.39 is 5.79 Å². The summed E-state index contributed by atoms with van der Waals surface area (Å²) in [6.07, 6.45) is 19.2. The van der Waals surface area contributed by atoms with E-state index in [2.05, 4.69) is 21.8 Å². The lowest BCUT2D eigenvalue weighted by atomic mass is 9.91. The molecule has 1 amide bonds. The number of aliphatic imine (C=N–C) groups is 1. The molecule has 1 N–H and O–H groups in total. The van der Waals surface area contributed by atoms with Crippen molar-refractivity contribution in [1.82, 2.24) is 15.1 Å². The number of allylic oxidation sites excluding steroid dienone is 6. The Labute approximate surface area is 263 Å². The van der Waals surface area contributed by atoms with Crippen LogP contribution in [0.15, 0.2) is 65.7 Å². The van der Waals surface area contributed by atoms with Gasteiger partial charge in [0.1, 0.15) is 0 Å². The predicted octanol–water partition coefficient (Wildman–Crippen LogP) is 5.96. The highest BCUT2D eigenvalue weighted by Gasteiger charge is 2.38. The first kappa shape index (κ1) is 32.0. The molecule has 1 aromatic carbocycles. The molecule has 2 bridgehead atoms. The lowest BCUT2D eigenvalue weighted by Gasteiger charge is -2.36. The van der Waals surface area contributed by atoms with E-state index in [9.17, 15) is 4.79 Å². The molecule has 8 heteroatoms. The molecular formula is C36H50N4O4. The van der Waals surface area contributed by atoms with E-state index in [-0.39, 0.29) is 5.91 Å². The Morgan fingerprint density at radius 1 is 1.18 bits per heavy atom. The van der Waals surface area contributed by atoms with E-state index in [0.717, 1.165) is 43.1 Å². The predicted molar refractivity (Wildman–Crippen MR) is 177 cm³/mol. The number of ether oxygens (including phenoxy) is 3. The molecule has 3 atom stereocenters. The largest absolute Gasteiger partial charge is 0.493 e. The van der Waals surface area contributed by atoms with Gasteiger partial charge < -0.3 is 24.4 Å². The molecule has 5 rings (SSSR count). The SMILES string of the molecule is C=C/C=C(\C=C/C)/C=C\C(CN(C[C@@H]1CCCN1CC1CC2CCC(C1)N2)C(=O)c1cc(OC)c2c(c1)OC(C)(C)O2)=NC. The van der Waals surface area contributed by atoms with Crippen molar-refractivity contribution in [1.29, 1.82) is 0 Å². The minimum atomic E-state index is -0.828. The molecule has 2 unspecified atom stereocenters. The molecule has 0 radical (unpaired) electrons. The van der Waals surface area contributed by atoms with Crippen molar-refractivity contribution >= 4 is 11.6 Å². The standard InChI is InChI=1S/C36H50N4O4/c1-7-10-25(11-8-2)13-14-30(37-5)23-40(35(41)27-20-32(42-6)34-33(21-27)43-36(3,4)44-34)24-31-12-9-17-39(31)22-26-18-28-15-16-29(19-26)38-28/h7-8,10-11,13-14,20-21,26,28-29,31,38H,1,9,12,15-19,22-24H2,2-6H3/b11-8-,14-13-,25-10+,37-30?/t26?,28?,29?,31-/m0/s1. The molecule has 0 spiro atoms. The summed E-state index contributed by atoms with van der Waals surface area (Å²) in [5.41, 5.74) is 2.36. The van der Waals surface area contributed by atoms with Crippen LogP contribution < -0.4 is 19.5 Å². The van der Waals surface area contributed by atoms with Crippen molar-refractivity contribution in [3.8, 4) is 17.2 Å². The van der Waals surface area contributed by atoms with Gasteiger partial charge in [-0.3, -0.25) is 14.7 Å². The van der Waals surface area contributed by atoms with Crippen LogP contribution >= 0.6 is 0 Å². The van der Waals surface area contributed by atoms with Gasteiger partial charge in [-0.05, 0) is 81.7 Å². The number of hydrogen-bond donors (Lipinski definition) is 1. The number of amides is 1. The van der Waals surface area contributed by atoms with Crippen LogP contribution in [0.3, 0.4) is 0 Å². The van der Waals surface area contributed by atoms with Gasteiger partial charge in [-0.15, -0.1) is 0 Å². The average molecular weight is 603 g/mol.